The van der Waals surface area contributed by atoms with Crippen molar-refractivity contribution in [2.75, 3.05) is 11.1 Å². The normalized spacial score (nSPS) is 15.0. The van der Waals surface area contributed by atoms with E-state index in [1.807, 2.05) is 6.92 Å². The molecule has 68 valence electrons. The third-order valence-corrected chi connectivity index (χ3v) is 3.01. The number of hydrogen-bond acceptors (Lipinski definition) is 1. The van der Waals surface area contributed by atoms with E-state index >= 15 is 0 Å². The van der Waals surface area contributed by atoms with E-state index in [1.165, 1.54) is 0 Å². The summed E-state index contributed by atoms with van der Waals surface area (Å²) in [5.74, 6) is 0.487. The molecule has 0 aromatic heterocycles. The summed E-state index contributed by atoms with van der Waals surface area (Å²) in [6.07, 6.45) is 0.607. The first kappa shape index (κ1) is 11.6. The first-order valence-electron chi connectivity index (χ1n) is 3.22. The van der Waals surface area contributed by atoms with Gasteiger partial charge in [-0.3, -0.25) is 0 Å². The van der Waals surface area contributed by atoms with E-state index in [-0.39, 0.29) is 17.5 Å². The van der Waals surface area contributed by atoms with Crippen molar-refractivity contribution in [3.8, 4) is 0 Å². The van der Waals surface area contributed by atoms with E-state index in [9.17, 15) is 13.2 Å². The molecule has 0 amide bonds. The van der Waals surface area contributed by atoms with Gasteiger partial charge in [0.25, 0.3) is 0 Å². The summed E-state index contributed by atoms with van der Waals surface area (Å²) in [5, 5.41) is 0.769. The minimum Gasteiger partial charge on any atom is -0.160 e. The van der Waals surface area contributed by atoms with Crippen molar-refractivity contribution in [3.63, 3.8) is 0 Å². The maximum atomic E-state index is 11.6. The first-order valence-corrected chi connectivity index (χ1v) is 5.33. The molecule has 0 bridgehead atoms. The molecule has 0 N–H and O–H groups in total. The molecule has 1 unspecified atom stereocenters. The Morgan fingerprint density at radius 1 is 1.45 bits per heavy atom. The fourth-order valence-electron chi connectivity index (χ4n) is 0.453. The van der Waals surface area contributed by atoms with Gasteiger partial charge in [-0.15, -0.1) is 0 Å². The minimum atomic E-state index is -4.06. The summed E-state index contributed by atoms with van der Waals surface area (Å²) < 4.78 is 34.7. The van der Waals surface area contributed by atoms with Gasteiger partial charge in [-0.05, 0) is 12.3 Å². The van der Waals surface area contributed by atoms with Crippen LogP contribution in [0.5, 0.6) is 0 Å². The second-order valence-electron chi connectivity index (χ2n) is 2.34. The quantitative estimate of drug-likeness (QED) is 0.687. The van der Waals surface area contributed by atoms with Crippen molar-refractivity contribution in [2.24, 2.45) is 5.92 Å². The summed E-state index contributed by atoms with van der Waals surface area (Å²) in [5.41, 5.74) is -4.06. The smallest absolute Gasteiger partial charge is 0.160 e. The maximum absolute atomic E-state index is 11.6. The SMILES string of the molecule is CC(CBr)CCSC(F)(F)F. The first-order chi connectivity index (χ1) is 4.95. The van der Waals surface area contributed by atoms with E-state index in [2.05, 4.69) is 15.9 Å². The molecule has 0 nitrogen and oxygen atoms in total. The topological polar surface area (TPSA) is 0 Å². The molecule has 0 rings (SSSR count). The van der Waals surface area contributed by atoms with Gasteiger partial charge in [0.15, 0.2) is 0 Å². The minimum absolute atomic E-state index is 0.0564. The van der Waals surface area contributed by atoms with Gasteiger partial charge in [-0.1, -0.05) is 34.6 Å². The zero-order valence-electron chi connectivity index (χ0n) is 6.12. The Kier molecular flexibility index (Phi) is 5.60. The molecule has 0 fully saturated rings. The van der Waals surface area contributed by atoms with Gasteiger partial charge in [-0.25, -0.2) is 0 Å². The molecule has 0 aromatic carbocycles. The zero-order valence-corrected chi connectivity index (χ0v) is 8.52. The van der Waals surface area contributed by atoms with Gasteiger partial charge in [0.05, 0.1) is 0 Å². The van der Waals surface area contributed by atoms with Crippen molar-refractivity contribution in [3.05, 3.63) is 0 Å². The van der Waals surface area contributed by atoms with E-state index in [0.717, 1.165) is 5.33 Å². The van der Waals surface area contributed by atoms with Crippen molar-refractivity contribution in [1.29, 1.82) is 0 Å². The highest BCUT2D eigenvalue weighted by Crippen LogP contribution is 2.31. The molecule has 11 heavy (non-hydrogen) atoms. The monoisotopic (exact) mass is 250 g/mol. The third kappa shape index (κ3) is 8.53. The average molecular weight is 251 g/mol. The summed E-state index contributed by atoms with van der Waals surface area (Å²) in [7, 11) is 0. The van der Waals surface area contributed by atoms with Crippen LogP contribution in [0.15, 0.2) is 0 Å². The summed E-state index contributed by atoms with van der Waals surface area (Å²) in [6, 6.07) is 0. The largest absolute Gasteiger partial charge is 0.441 e. The molecule has 0 aliphatic carbocycles. The van der Waals surface area contributed by atoms with Crippen LogP contribution in [0, 0.1) is 5.92 Å². The molecule has 0 saturated carbocycles. The fraction of sp³-hybridized carbons (Fsp3) is 1.00. The molecule has 5 heteroatoms. The van der Waals surface area contributed by atoms with Crippen molar-refractivity contribution in [1.82, 2.24) is 0 Å². The van der Waals surface area contributed by atoms with Gasteiger partial charge in [-0.2, -0.15) is 13.2 Å². The Morgan fingerprint density at radius 3 is 2.36 bits per heavy atom. The van der Waals surface area contributed by atoms with Crippen LogP contribution in [-0.4, -0.2) is 16.6 Å². The Bertz CT molecular complexity index is 104. The fourth-order valence-corrected chi connectivity index (χ4v) is 1.53. The highest BCUT2D eigenvalue weighted by molar-refractivity contribution is 9.09. The van der Waals surface area contributed by atoms with Crippen molar-refractivity contribution >= 4 is 27.7 Å². The molecule has 0 heterocycles. The second-order valence-corrected chi connectivity index (χ2v) is 4.15. The maximum Gasteiger partial charge on any atom is 0.441 e. The molecular weight excluding hydrogens is 241 g/mol. The lowest BCUT2D eigenvalue weighted by Gasteiger charge is -2.08. The molecular formula is C6H10BrF3S. The predicted octanol–water partition coefficient (Wildman–Crippen LogP) is 3.66. The lowest BCUT2D eigenvalue weighted by Crippen LogP contribution is -2.04. The number of rotatable bonds is 4. The van der Waals surface area contributed by atoms with Gasteiger partial charge in [0.2, 0.25) is 0 Å². The zero-order chi connectivity index (χ0) is 8.91. The Morgan fingerprint density at radius 2 is 2.00 bits per heavy atom. The number of alkyl halides is 4. The number of halogens is 4. The molecule has 0 spiro atoms. The lowest BCUT2D eigenvalue weighted by molar-refractivity contribution is -0.0328. The predicted molar refractivity (Wildman–Crippen MR) is 46.1 cm³/mol. The Labute approximate surface area is 77.1 Å². The summed E-state index contributed by atoms with van der Waals surface area (Å²) >= 11 is 3.26. The van der Waals surface area contributed by atoms with Gasteiger partial charge >= 0.3 is 5.51 Å². The van der Waals surface area contributed by atoms with E-state index < -0.39 is 5.51 Å². The van der Waals surface area contributed by atoms with Crippen LogP contribution in [0.3, 0.4) is 0 Å². The van der Waals surface area contributed by atoms with Crippen LogP contribution in [0.4, 0.5) is 13.2 Å². The van der Waals surface area contributed by atoms with Crippen LogP contribution < -0.4 is 0 Å². The molecule has 0 aliphatic rings. The standard InChI is InChI=1S/C6H10BrF3S/c1-5(4-7)2-3-11-6(8,9)10/h5H,2-4H2,1H3. The number of thioether (sulfide) groups is 1. The summed E-state index contributed by atoms with van der Waals surface area (Å²) in [6.45, 7) is 1.92. The molecule has 1 atom stereocenters. The lowest BCUT2D eigenvalue weighted by atomic mass is 10.2. The van der Waals surface area contributed by atoms with E-state index in [1.54, 1.807) is 0 Å². The van der Waals surface area contributed by atoms with Crippen LogP contribution in [-0.2, 0) is 0 Å². The van der Waals surface area contributed by atoms with Crippen LogP contribution >= 0.6 is 27.7 Å². The van der Waals surface area contributed by atoms with Gasteiger partial charge in [0, 0.05) is 11.1 Å². The molecule has 0 aliphatic heterocycles. The highest BCUT2D eigenvalue weighted by atomic mass is 79.9. The molecule has 0 radical (unpaired) electrons. The summed E-state index contributed by atoms with van der Waals surface area (Å²) in [4.78, 5) is 0. The van der Waals surface area contributed by atoms with Gasteiger partial charge in [0.1, 0.15) is 0 Å². The Balaban J connectivity index is 3.28. The van der Waals surface area contributed by atoms with Crippen molar-refractivity contribution < 1.29 is 13.2 Å². The van der Waals surface area contributed by atoms with Crippen LogP contribution in [0.25, 0.3) is 0 Å². The molecule has 0 saturated heterocycles. The Hall–Kier alpha value is 0.620. The van der Waals surface area contributed by atoms with Gasteiger partial charge < -0.3 is 0 Å². The van der Waals surface area contributed by atoms with E-state index in [0.29, 0.717) is 12.3 Å². The molecule has 0 aromatic rings. The van der Waals surface area contributed by atoms with Crippen LogP contribution in [0.2, 0.25) is 0 Å². The van der Waals surface area contributed by atoms with E-state index in [4.69, 9.17) is 0 Å². The average Bonchev–Trinajstić information content (AvgIpc) is 1.85. The highest BCUT2D eigenvalue weighted by Gasteiger charge is 2.27. The van der Waals surface area contributed by atoms with Crippen molar-refractivity contribution in [2.45, 2.75) is 18.9 Å². The van der Waals surface area contributed by atoms with Crippen LogP contribution in [0.1, 0.15) is 13.3 Å². The third-order valence-electron chi connectivity index (χ3n) is 1.14. The second kappa shape index (κ2) is 5.30. The number of hydrogen-bond donors (Lipinski definition) is 0.